The van der Waals surface area contributed by atoms with E-state index in [1.54, 1.807) is 11.3 Å². The minimum atomic E-state index is -0.547. The fourth-order valence-corrected chi connectivity index (χ4v) is 7.43. The predicted molar refractivity (Wildman–Crippen MR) is 139 cm³/mol. The molecule has 2 fully saturated rings. The topological polar surface area (TPSA) is 81.0 Å². The maximum absolute atomic E-state index is 11.9. The van der Waals surface area contributed by atoms with Crippen molar-refractivity contribution in [2.75, 3.05) is 0 Å². The van der Waals surface area contributed by atoms with Crippen LogP contribution in [0.2, 0.25) is 0 Å². The third kappa shape index (κ3) is 3.49. The zero-order valence-corrected chi connectivity index (χ0v) is 20.5. The number of fused-ring (bicyclic) bond motifs is 3. The Labute approximate surface area is 212 Å². The summed E-state index contributed by atoms with van der Waals surface area (Å²) < 4.78 is 12.9. The number of para-hydroxylation sites is 1. The van der Waals surface area contributed by atoms with Crippen molar-refractivity contribution in [2.45, 2.75) is 37.7 Å². The normalized spacial score (nSPS) is 22.9. The highest BCUT2D eigenvalue weighted by Gasteiger charge is 2.53. The first-order valence-electron chi connectivity index (χ1n) is 12.4. The van der Waals surface area contributed by atoms with Crippen LogP contribution < -0.4 is 10.5 Å². The first-order chi connectivity index (χ1) is 17.7. The summed E-state index contributed by atoms with van der Waals surface area (Å²) in [7, 11) is 0. The number of nitrogens with zero attached hydrogens (tertiary/aromatic N) is 2. The van der Waals surface area contributed by atoms with Gasteiger partial charge in [-0.15, -0.1) is 16.4 Å². The average molecular weight is 496 g/mol. The van der Waals surface area contributed by atoms with Crippen LogP contribution in [0.4, 0.5) is 0 Å². The molecule has 180 valence electrons. The molecule has 0 aliphatic heterocycles. The number of benzene rings is 3. The molecule has 2 aliphatic carbocycles. The van der Waals surface area contributed by atoms with E-state index in [2.05, 4.69) is 52.7 Å². The van der Waals surface area contributed by atoms with Crippen molar-refractivity contribution in [3.8, 4) is 17.2 Å². The molecule has 3 atom stereocenters. The van der Waals surface area contributed by atoms with Crippen LogP contribution in [0, 0.1) is 11.8 Å². The second-order valence-corrected chi connectivity index (χ2v) is 11.0. The van der Waals surface area contributed by atoms with Gasteiger partial charge in [-0.05, 0) is 72.6 Å². The zero-order chi connectivity index (χ0) is 24.1. The largest absolute Gasteiger partial charge is 0.486 e. The van der Waals surface area contributed by atoms with Crippen molar-refractivity contribution in [2.24, 2.45) is 11.8 Å². The Kier molecular flexibility index (Phi) is 5.06. The summed E-state index contributed by atoms with van der Waals surface area (Å²) in [6.45, 7) is 0.403. The van der Waals surface area contributed by atoms with E-state index in [0.29, 0.717) is 24.3 Å². The van der Waals surface area contributed by atoms with Gasteiger partial charge in [-0.3, -0.25) is 0 Å². The number of hydrogen-bond acceptors (Lipinski definition) is 6. The fraction of sp³-hybridized carbons (Fsp3) is 0.276. The lowest BCUT2D eigenvalue weighted by molar-refractivity contribution is 0.298. The number of nitrogens with one attached hydrogen (secondary N) is 1. The Morgan fingerprint density at radius 2 is 1.92 bits per heavy atom. The van der Waals surface area contributed by atoms with Gasteiger partial charge in [0.15, 0.2) is 0 Å². The van der Waals surface area contributed by atoms with Crippen LogP contribution >= 0.6 is 11.3 Å². The molecule has 1 N–H and O–H groups in total. The lowest BCUT2D eigenvalue weighted by atomic mass is 9.63. The van der Waals surface area contributed by atoms with Gasteiger partial charge in [0.25, 0.3) is 0 Å². The maximum Gasteiger partial charge on any atom is 0.434 e. The maximum atomic E-state index is 11.9. The number of rotatable bonds is 6. The second-order valence-electron chi connectivity index (χ2n) is 9.91. The van der Waals surface area contributed by atoms with E-state index >= 15 is 0 Å². The highest BCUT2D eigenvalue weighted by Crippen LogP contribution is 2.61. The molecule has 3 unspecified atom stereocenters. The SMILES string of the molecule is O=c1[nH]nc(-c2ccc(OCc3nc4ccccc4s3)cc2C2(c3ccccc3)CC3CCC2C3)o1. The number of ether oxygens (including phenoxy) is 1. The molecule has 36 heavy (non-hydrogen) atoms. The standard InChI is InChI=1S/C29H25N3O3S/c33-28-32-31-27(35-28)22-13-12-21(34-17-26-30-24-8-4-5-9-25(24)36-26)15-23(22)29(19-6-2-1-3-7-19)16-18-10-11-20(29)14-18/h1-9,12-13,15,18,20H,10-11,14,16-17H2,(H,32,33). The molecule has 7 rings (SSSR count). The van der Waals surface area contributed by atoms with E-state index < -0.39 is 5.76 Å². The molecule has 3 aromatic carbocycles. The zero-order valence-electron chi connectivity index (χ0n) is 19.6. The third-order valence-corrected chi connectivity index (χ3v) is 8.99. The summed E-state index contributed by atoms with van der Waals surface area (Å²) in [6, 6.07) is 25.0. The summed E-state index contributed by atoms with van der Waals surface area (Å²) >= 11 is 1.65. The molecule has 7 heteroatoms. The minimum absolute atomic E-state index is 0.174. The number of aromatic nitrogens is 3. The fourth-order valence-electron chi connectivity index (χ4n) is 6.54. The predicted octanol–water partition coefficient (Wildman–Crippen LogP) is 6.32. The van der Waals surface area contributed by atoms with Gasteiger partial charge in [-0.25, -0.2) is 14.9 Å². The first-order valence-corrected chi connectivity index (χ1v) is 13.2. The molecular weight excluding hydrogens is 470 g/mol. The van der Waals surface area contributed by atoms with Gasteiger partial charge in [0.1, 0.15) is 17.4 Å². The average Bonchev–Trinajstić information content (AvgIpc) is 3.71. The van der Waals surface area contributed by atoms with Gasteiger partial charge >= 0.3 is 5.76 Å². The van der Waals surface area contributed by atoms with Crippen LogP contribution in [0.25, 0.3) is 21.7 Å². The Hall–Kier alpha value is -3.71. The minimum Gasteiger partial charge on any atom is -0.486 e. The summed E-state index contributed by atoms with van der Waals surface area (Å²) in [6.07, 6.45) is 4.76. The Morgan fingerprint density at radius 3 is 2.67 bits per heavy atom. The van der Waals surface area contributed by atoms with E-state index in [-0.39, 0.29) is 5.41 Å². The Bertz CT molecular complexity index is 1570. The summed E-state index contributed by atoms with van der Waals surface area (Å²) in [4.78, 5) is 16.6. The molecule has 2 saturated carbocycles. The monoisotopic (exact) mass is 495 g/mol. The third-order valence-electron chi connectivity index (χ3n) is 7.98. The lowest BCUT2D eigenvalue weighted by Crippen LogP contribution is -2.34. The summed E-state index contributed by atoms with van der Waals surface area (Å²) in [5.74, 6) is 1.78. The Balaban J connectivity index is 1.33. The number of H-pyrrole nitrogens is 1. The smallest absolute Gasteiger partial charge is 0.434 e. The molecule has 2 bridgehead atoms. The van der Waals surface area contributed by atoms with Crippen LogP contribution in [0.1, 0.15) is 41.8 Å². The number of aromatic amines is 1. The molecule has 0 radical (unpaired) electrons. The van der Waals surface area contributed by atoms with E-state index in [0.717, 1.165) is 38.5 Å². The van der Waals surface area contributed by atoms with Crippen molar-refractivity contribution in [1.29, 1.82) is 0 Å². The van der Waals surface area contributed by atoms with Crippen LogP contribution in [0.5, 0.6) is 5.75 Å². The van der Waals surface area contributed by atoms with Crippen molar-refractivity contribution >= 4 is 21.6 Å². The number of thiazole rings is 1. The summed E-state index contributed by atoms with van der Waals surface area (Å²) in [5, 5.41) is 7.58. The van der Waals surface area contributed by atoms with Crippen molar-refractivity contribution in [3.05, 3.63) is 99.5 Å². The number of hydrogen-bond donors (Lipinski definition) is 1. The molecule has 2 heterocycles. The highest BCUT2D eigenvalue weighted by molar-refractivity contribution is 7.18. The molecule has 0 amide bonds. The van der Waals surface area contributed by atoms with E-state index in [1.807, 2.05) is 30.3 Å². The van der Waals surface area contributed by atoms with Crippen molar-refractivity contribution in [3.63, 3.8) is 0 Å². The quantitative estimate of drug-likeness (QED) is 0.298. The molecular formula is C29H25N3O3S. The van der Waals surface area contributed by atoms with Crippen LogP contribution in [0.15, 0.2) is 82.0 Å². The van der Waals surface area contributed by atoms with E-state index in [1.165, 1.54) is 24.8 Å². The molecule has 5 aromatic rings. The van der Waals surface area contributed by atoms with E-state index in [9.17, 15) is 4.79 Å². The van der Waals surface area contributed by atoms with Gasteiger partial charge < -0.3 is 9.15 Å². The van der Waals surface area contributed by atoms with Gasteiger partial charge in [0, 0.05) is 11.0 Å². The molecule has 0 saturated heterocycles. The lowest BCUT2D eigenvalue weighted by Gasteiger charge is -2.40. The first kappa shape index (κ1) is 21.6. The van der Waals surface area contributed by atoms with Crippen LogP contribution in [0.3, 0.4) is 0 Å². The highest BCUT2D eigenvalue weighted by atomic mass is 32.1. The Morgan fingerprint density at radius 1 is 1.06 bits per heavy atom. The second kappa shape index (κ2) is 8.45. The van der Waals surface area contributed by atoms with Gasteiger partial charge in [-0.1, -0.05) is 48.9 Å². The molecule has 2 aliphatic rings. The van der Waals surface area contributed by atoms with Crippen LogP contribution in [-0.4, -0.2) is 15.2 Å². The molecule has 2 aromatic heterocycles. The van der Waals surface area contributed by atoms with Crippen LogP contribution in [-0.2, 0) is 12.0 Å². The molecule has 6 nitrogen and oxygen atoms in total. The van der Waals surface area contributed by atoms with Gasteiger partial charge in [-0.2, -0.15) is 0 Å². The summed E-state index contributed by atoms with van der Waals surface area (Å²) in [5.41, 5.74) is 4.09. The van der Waals surface area contributed by atoms with Gasteiger partial charge in [0.05, 0.1) is 10.2 Å². The van der Waals surface area contributed by atoms with Gasteiger partial charge in [0.2, 0.25) is 5.89 Å². The molecule has 0 spiro atoms. The van der Waals surface area contributed by atoms with Crippen molar-refractivity contribution < 1.29 is 9.15 Å². The van der Waals surface area contributed by atoms with Crippen molar-refractivity contribution in [1.82, 2.24) is 15.2 Å². The van der Waals surface area contributed by atoms with E-state index in [4.69, 9.17) is 14.1 Å².